The highest BCUT2D eigenvalue weighted by molar-refractivity contribution is 6.18. The van der Waals surface area contributed by atoms with Crippen LogP contribution in [0.1, 0.15) is 180 Å². The Balaban J connectivity index is 3.14. The average molecular weight is 550 g/mol. The van der Waals surface area contributed by atoms with Crippen molar-refractivity contribution in [2.24, 2.45) is 0 Å². The molecule has 0 aromatic heterocycles. The van der Waals surface area contributed by atoms with E-state index in [9.17, 15) is 4.79 Å². The maximum Gasteiger partial charge on any atom is 0.305 e. The fraction of sp³-hybridized carbons (Fsp3) is 0.969. The second kappa shape index (κ2) is 33.1. The van der Waals surface area contributed by atoms with Gasteiger partial charge >= 0.3 is 5.97 Å². The van der Waals surface area contributed by atoms with E-state index in [4.69, 9.17) is 27.9 Å². The number of rotatable bonds is 31. The number of hydrogen-bond acceptors (Lipinski definition) is 2. The van der Waals surface area contributed by atoms with Crippen molar-refractivity contribution in [1.82, 2.24) is 0 Å². The predicted octanol–water partition coefficient (Wildman–Crippen LogP) is 11.9. The standard InChI is InChI=1S/C32H62Cl2O2/c33-29-25-21-17-13-9-5-1-2-7-11-15-19-23-27-31-36-32(35)28-24-20-16-12-8-4-3-6-10-14-18-22-26-30-34/h1-31H2. The molecule has 0 atom stereocenters. The van der Waals surface area contributed by atoms with E-state index in [1.54, 1.807) is 0 Å². The van der Waals surface area contributed by atoms with E-state index < -0.39 is 0 Å². The summed E-state index contributed by atoms with van der Waals surface area (Å²) in [5.41, 5.74) is 0. The van der Waals surface area contributed by atoms with Crippen LogP contribution in [-0.2, 0) is 9.53 Å². The molecule has 0 rings (SSSR count). The Labute approximate surface area is 236 Å². The van der Waals surface area contributed by atoms with Gasteiger partial charge in [0.2, 0.25) is 0 Å². The Morgan fingerprint density at radius 3 is 0.917 bits per heavy atom. The minimum Gasteiger partial charge on any atom is -0.466 e. The third kappa shape index (κ3) is 32.1. The number of unbranched alkanes of at least 4 members (excludes halogenated alkanes) is 25. The molecule has 0 fully saturated rings. The van der Waals surface area contributed by atoms with Crippen LogP contribution >= 0.6 is 23.2 Å². The van der Waals surface area contributed by atoms with E-state index in [1.165, 1.54) is 161 Å². The zero-order chi connectivity index (χ0) is 26.2. The van der Waals surface area contributed by atoms with Crippen molar-refractivity contribution in [3.05, 3.63) is 0 Å². The molecule has 0 aliphatic rings. The summed E-state index contributed by atoms with van der Waals surface area (Å²) in [7, 11) is 0. The van der Waals surface area contributed by atoms with E-state index in [0.29, 0.717) is 13.0 Å². The van der Waals surface area contributed by atoms with Gasteiger partial charge in [-0.25, -0.2) is 0 Å². The Bertz CT molecular complexity index is 417. The highest BCUT2D eigenvalue weighted by atomic mass is 35.5. The van der Waals surface area contributed by atoms with Gasteiger partial charge in [0.05, 0.1) is 6.61 Å². The zero-order valence-electron chi connectivity index (χ0n) is 24.0. The van der Waals surface area contributed by atoms with Gasteiger partial charge < -0.3 is 4.74 Å². The van der Waals surface area contributed by atoms with E-state index >= 15 is 0 Å². The van der Waals surface area contributed by atoms with Crippen LogP contribution in [0.3, 0.4) is 0 Å². The molecule has 0 aliphatic heterocycles. The van der Waals surface area contributed by atoms with Gasteiger partial charge in [0.1, 0.15) is 0 Å². The third-order valence-corrected chi connectivity index (χ3v) is 7.84. The van der Waals surface area contributed by atoms with Crippen LogP contribution in [0.2, 0.25) is 0 Å². The molecular weight excluding hydrogens is 487 g/mol. The van der Waals surface area contributed by atoms with Crippen LogP contribution in [0.15, 0.2) is 0 Å². The summed E-state index contributed by atoms with van der Waals surface area (Å²) in [6.07, 6.45) is 35.9. The molecule has 0 heterocycles. The van der Waals surface area contributed by atoms with E-state index in [1.807, 2.05) is 0 Å². The van der Waals surface area contributed by atoms with Crippen molar-refractivity contribution in [1.29, 1.82) is 0 Å². The highest BCUT2D eigenvalue weighted by Gasteiger charge is 2.03. The normalized spacial score (nSPS) is 11.3. The molecule has 0 amide bonds. The lowest BCUT2D eigenvalue weighted by Gasteiger charge is -2.06. The van der Waals surface area contributed by atoms with Crippen LogP contribution in [0.4, 0.5) is 0 Å². The molecule has 36 heavy (non-hydrogen) atoms. The first-order valence-electron chi connectivity index (χ1n) is 16.1. The Kier molecular flexibility index (Phi) is 33.1. The van der Waals surface area contributed by atoms with E-state index in [2.05, 4.69) is 0 Å². The highest BCUT2D eigenvalue weighted by Crippen LogP contribution is 2.15. The van der Waals surface area contributed by atoms with E-state index in [0.717, 1.165) is 24.6 Å². The number of alkyl halides is 2. The van der Waals surface area contributed by atoms with Crippen molar-refractivity contribution >= 4 is 29.2 Å². The van der Waals surface area contributed by atoms with Gasteiger partial charge in [0.15, 0.2) is 0 Å². The largest absolute Gasteiger partial charge is 0.466 e. The second-order valence-electron chi connectivity index (χ2n) is 10.9. The van der Waals surface area contributed by atoms with Gasteiger partial charge in [-0.05, 0) is 25.7 Å². The lowest BCUT2D eigenvalue weighted by molar-refractivity contribution is -0.143. The summed E-state index contributed by atoms with van der Waals surface area (Å²) in [6, 6.07) is 0. The summed E-state index contributed by atoms with van der Waals surface area (Å²) < 4.78 is 5.42. The third-order valence-electron chi connectivity index (χ3n) is 7.31. The lowest BCUT2D eigenvalue weighted by Crippen LogP contribution is -2.05. The molecule has 0 radical (unpaired) electrons. The maximum atomic E-state index is 11.9. The van der Waals surface area contributed by atoms with Crippen molar-refractivity contribution < 1.29 is 9.53 Å². The summed E-state index contributed by atoms with van der Waals surface area (Å²) in [5.74, 6) is 1.65. The van der Waals surface area contributed by atoms with Crippen LogP contribution in [0.25, 0.3) is 0 Å². The summed E-state index contributed by atoms with van der Waals surface area (Å²) in [6.45, 7) is 0.621. The first kappa shape index (κ1) is 36.0. The zero-order valence-corrected chi connectivity index (χ0v) is 25.5. The topological polar surface area (TPSA) is 26.3 Å². The molecule has 0 aromatic rings. The molecule has 0 saturated carbocycles. The molecule has 0 bridgehead atoms. The molecule has 0 aliphatic carbocycles. The minimum absolute atomic E-state index is 0.0140. The Morgan fingerprint density at radius 2 is 0.611 bits per heavy atom. The number of hydrogen-bond donors (Lipinski definition) is 0. The first-order valence-corrected chi connectivity index (χ1v) is 17.2. The van der Waals surface area contributed by atoms with Crippen LogP contribution in [-0.4, -0.2) is 24.3 Å². The maximum absolute atomic E-state index is 11.9. The lowest BCUT2D eigenvalue weighted by atomic mass is 10.0. The number of esters is 1. The van der Waals surface area contributed by atoms with Crippen molar-refractivity contribution in [3.8, 4) is 0 Å². The van der Waals surface area contributed by atoms with Crippen LogP contribution in [0, 0.1) is 0 Å². The predicted molar refractivity (Wildman–Crippen MR) is 162 cm³/mol. The monoisotopic (exact) mass is 548 g/mol. The molecule has 0 spiro atoms. The molecule has 4 heteroatoms. The van der Waals surface area contributed by atoms with Gasteiger partial charge in [0.25, 0.3) is 0 Å². The van der Waals surface area contributed by atoms with Gasteiger partial charge in [-0.1, -0.05) is 148 Å². The van der Waals surface area contributed by atoms with Gasteiger partial charge in [-0.2, -0.15) is 0 Å². The SMILES string of the molecule is O=C(CCCCCCCCCCCCCCCCl)OCCCCCCCCCCCCCCCCCl. The smallest absolute Gasteiger partial charge is 0.305 e. The number of halogens is 2. The van der Waals surface area contributed by atoms with Gasteiger partial charge in [0, 0.05) is 18.2 Å². The molecule has 2 nitrogen and oxygen atoms in total. The average Bonchev–Trinajstić information content (AvgIpc) is 2.88. The second-order valence-corrected chi connectivity index (χ2v) is 11.7. The summed E-state index contributed by atoms with van der Waals surface area (Å²) in [4.78, 5) is 11.9. The molecule has 0 aromatic carbocycles. The molecular formula is C32H62Cl2O2. The Morgan fingerprint density at radius 1 is 0.361 bits per heavy atom. The van der Waals surface area contributed by atoms with E-state index in [-0.39, 0.29) is 5.97 Å². The van der Waals surface area contributed by atoms with Gasteiger partial charge in [-0.3, -0.25) is 4.79 Å². The number of carbonyl (C=O) groups excluding carboxylic acids is 1. The summed E-state index contributed by atoms with van der Waals surface area (Å²) in [5, 5.41) is 0. The number of carbonyl (C=O) groups is 1. The van der Waals surface area contributed by atoms with Crippen LogP contribution < -0.4 is 0 Å². The van der Waals surface area contributed by atoms with Crippen molar-refractivity contribution in [3.63, 3.8) is 0 Å². The van der Waals surface area contributed by atoms with Crippen molar-refractivity contribution in [2.75, 3.05) is 18.4 Å². The molecule has 0 N–H and O–H groups in total. The number of ether oxygens (including phenoxy) is 1. The van der Waals surface area contributed by atoms with Gasteiger partial charge in [-0.15, -0.1) is 23.2 Å². The van der Waals surface area contributed by atoms with Crippen molar-refractivity contribution in [2.45, 2.75) is 180 Å². The molecule has 216 valence electrons. The fourth-order valence-electron chi connectivity index (χ4n) is 4.88. The molecule has 0 unspecified atom stereocenters. The Hall–Kier alpha value is 0.0500. The fourth-order valence-corrected chi connectivity index (χ4v) is 5.26. The minimum atomic E-state index is 0.0140. The summed E-state index contributed by atoms with van der Waals surface area (Å²) >= 11 is 11.4. The quantitative estimate of drug-likeness (QED) is 0.0488. The first-order chi connectivity index (χ1) is 17.8. The van der Waals surface area contributed by atoms with Crippen LogP contribution in [0.5, 0.6) is 0 Å². The molecule has 0 saturated heterocycles.